The molecule has 0 fully saturated rings. The van der Waals surface area contributed by atoms with Gasteiger partial charge in [0.2, 0.25) is 0 Å². The van der Waals surface area contributed by atoms with Crippen LogP contribution in [0.25, 0.3) is 0 Å². The highest BCUT2D eigenvalue weighted by Gasteiger charge is 2.20. The van der Waals surface area contributed by atoms with E-state index in [-0.39, 0.29) is 12.2 Å². The third-order valence-electron chi connectivity index (χ3n) is 1.73. The van der Waals surface area contributed by atoms with Crippen LogP contribution in [0.1, 0.15) is 13.3 Å². The predicted octanol–water partition coefficient (Wildman–Crippen LogP) is -0.00670. The van der Waals surface area contributed by atoms with Gasteiger partial charge in [-0.1, -0.05) is 0 Å². The molecule has 0 heterocycles. The van der Waals surface area contributed by atoms with Gasteiger partial charge in [0.1, 0.15) is 0 Å². The third kappa shape index (κ3) is 3.15. The molecule has 0 bridgehead atoms. The molecule has 1 unspecified atom stereocenters. The fraction of sp³-hybridized carbons (Fsp3) is 1.00. The van der Waals surface area contributed by atoms with Gasteiger partial charge in [0.05, 0.1) is 12.2 Å². The zero-order valence-corrected chi connectivity index (χ0v) is 6.98. The van der Waals surface area contributed by atoms with Gasteiger partial charge in [-0.15, -0.1) is 0 Å². The minimum absolute atomic E-state index is 0.0746. The summed E-state index contributed by atoms with van der Waals surface area (Å²) in [5.41, 5.74) is -0.372. The van der Waals surface area contributed by atoms with Crippen LogP contribution >= 0.6 is 0 Å². The van der Waals surface area contributed by atoms with E-state index in [9.17, 15) is 0 Å². The molecular weight excluding hydrogens is 130 g/mol. The first-order valence-electron chi connectivity index (χ1n) is 3.49. The minimum atomic E-state index is -0.372. The highest BCUT2D eigenvalue weighted by Crippen LogP contribution is 2.11. The average Bonchev–Trinajstić information content (AvgIpc) is 2.00. The molecule has 0 rings (SSSR count). The van der Waals surface area contributed by atoms with Gasteiger partial charge in [0.25, 0.3) is 0 Å². The molecule has 0 aromatic carbocycles. The van der Waals surface area contributed by atoms with Gasteiger partial charge in [0.15, 0.2) is 0 Å². The molecule has 0 saturated heterocycles. The lowest BCUT2D eigenvalue weighted by Gasteiger charge is -2.25. The molecule has 0 aliphatic carbocycles. The molecule has 0 aliphatic heterocycles. The van der Waals surface area contributed by atoms with Gasteiger partial charge in [0, 0.05) is 7.11 Å². The van der Waals surface area contributed by atoms with Crippen molar-refractivity contribution in [2.45, 2.75) is 18.9 Å². The number of rotatable bonds is 5. The quantitative estimate of drug-likeness (QED) is 0.575. The zero-order chi connectivity index (χ0) is 8.04. The molecule has 0 radical (unpaired) electrons. The Kier molecular flexibility index (Phi) is 4.60. The van der Waals surface area contributed by atoms with Crippen LogP contribution in [0.5, 0.6) is 0 Å². The van der Waals surface area contributed by atoms with Gasteiger partial charge in [-0.3, -0.25) is 0 Å². The van der Waals surface area contributed by atoms with Gasteiger partial charge in [-0.25, -0.2) is 0 Å². The average molecular weight is 147 g/mol. The maximum Gasteiger partial charge on any atom is 0.0892 e. The van der Waals surface area contributed by atoms with E-state index in [1.54, 1.807) is 7.11 Å². The Morgan fingerprint density at radius 2 is 2.20 bits per heavy atom. The summed E-state index contributed by atoms with van der Waals surface area (Å²) in [7, 11) is 3.50. The second-order valence-electron chi connectivity index (χ2n) is 2.67. The summed E-state index contributed by atoms with van der Waals surface area (Å²) in [6, 6.07) is 0. The van der Waals surface area contributed by atoms with Crippen LogP contribution < -0.4 is 5.32 Å². The van der Waals surface area contributed by atoms with E-state index in [1.165, 1.54) is 0 Å². The van der Waals surface area contributed by atoms with Crippen molar-refractivity contribution in [3.8, 4) is 0 Å². The highest BCUT2D eigenvalue weighted by atomic mass is 16.5. The van der Waals surface area contributed by atoms with Crippen molar-refractivity contribution in [3.63, 3.8) is 0 Å². The summed E-state index contributed by atoms with van der Waals surface area (Å²) in [6.07, 6.45) is 0.830. The monoisotopic (exact) mass is 147 g/mol. The van der Waals surface area contributed by atoms with E-state index in [0.29, 0.717) is 0 Å². The second kappa shape index (κ2) is 4.66. The number of nitrogens with one attached hydrogen (secondary N) is 1. The molecule has 0 saturated carbocycles. The number of aliphatic hydroxyl groups excluding tert-OH is 1. The topological polar surface area (TPSA) is 41.5 Å². The van der Waals surface area contributed by atoms with Crippen LogP contribution in [0.3, 0.4) is 0 Å². The molecular formula is C7H17NO2. The molecule has 0 spiro atoms. The summed E-state index contributed by atoms with van der Waals surface area (Å²) < 4.78 is 5.10. The standard InChI is InChI=1S/C7H17NO2/c1-7(6-9,10-3)4-5-8-2/h8-9H,4-6H2,1-3H3. The Morgan fingerprint density at radius 1 is 1.60 bits per heavy atom. The zero-order valence-electron chi connectivity index (χ0n) is 6.98. The lowest BCUT2D eigenvalue weighted by atomic mass is 10.0. The Bertz CT molecular complexity index is 81.7. The largest absolute Gasteiger partial charge is 0.393 e. The van der Waals surface area contributed by atoms with Crippen LogP contribution in [0.4, 0.5) is 0 Å². The molecule has 10 heavy (non-hydrogen) atoms. The fourth-order valence-electron chi connectivity index (χ4n) is 0.635. The first-order chi connectivity index (χ1) is 4.68. The Balaban J connectivity index is 3.58. The lowest BCUT2D eigenvalue weighted by Crippen LogP contribution is -2.34. The molecule has 0 aromatic heterocycles. The van der Waals surface area contributed by atoms with Crippen molar-refractivity contribution in [3.05, 3.63) is 0 Å². The highest BCUT2D eigenvalue weighted by molar-refractivity contribution is 4.73. The van der Waals surface area contributed by atoms with E-state index in [2.05, 4.69) is 5.32 Å². The van der Waals surface area contributed by atoms with E-state index in [1.807, 2.05) is 14.0 Å². The van der Waals surface area contributed by atoms with Crippen molar-refractivity contribution < 1.29 is 9.84 Å². The van der Waals surface area contributed by atoms with Crippen LogP contribution in [-0.2, 0) is 4.74 Å². The number of hydrogen-bond acceptors (Lipinski definition) is 3. The predicted molar refractivity (Wildman–Crippen MR) is 41.0 cm³/mol. The number of hydrogen-bond donors (Lipinski definition) is 2. The van der Waals surface area contributed by atoms with E-state index >= 15 is 0 Å². The van der Waals surface area contributed by atoms with Gasteiger partial charge in [-0.05, 0) is 26.9 Å². The number of aliphatic hydroxyl groups is 1. The molecule has 0 amide bonds. The maximum absolute atomic E-state index is 8.86. The smallest absolute Gasteiger partial charge is 0.0892 e. The SMILES string of the molecule is CNCCC(C)(CO)OC. The molecule has 0 aliphatic rings. The van der Waals surface area contributed by atoms with Gasteiger partial charge in [-0.2, -0.15) is 0 Å². The Morgan fingerprint density at radius 3 is 2.50 bits per heavy atom. The summed E-state index contributed by atoms with van der Waals surface area (Å²) >= 11 is 0. The Labute approximate surface area is 62.4 Å². The fourth-order valence-corrected chi connectivity index (χ4v) is 0.635. The molecule has 3 nitrogen and oxygen atoms in total. The van der Waals surface area contributed by atoms with Crippen molar-refractivity contribution in [2.24, 2.45) is 0 Å². The third-order valence-corrected chi connectivity index (χ3v) is 1.73. The van der Waals surface area contributed by atoms with Crippen LogP contribution in [0, 0.1) is 0 Å². The normalized spacial score (nSPS) is 16.8. The van der Waals surface area contributed by atoms with Crippen molar-refractivity contribution in [1.82, 2.24) is 5.32 Å². The van der Waals surface area contributed by atoms with Crippen molar-refractivity contribution in [2.75, 3.05) is 27.3 Å². The molecule has 0 aromatic rings. The molecule has 2 N–H and O–H groups in total. The van der Waals surface area contributed by atoms with Crippen LogP contribution in [0.2, 0.25) is 0 Å². The first kappa shape index (κ1) is 9.88. The lowest BCUT2D eigenvalue weighted by molar-refractivity contribution is -0.0424. The Hall–Kier alpha value is -0.120. The number of methoxy groups -OCH3 is 1. The summed E-state index contributed by atoms with van der Waals surface area (Å²) in [5.74, 6) is 0. The summed E-state index contributed by atoms with van der Waals surface area (Å²) in [5, 5.41) is 11.9. The van der Waals surface area contributed by atoms with Gasteiger partial charge >= 0.3 is 0 Å². The van der Waals surface area contributed by atoms with E-state index in [0.717, 1.165) is 13.0 Å². The first-order valence-corrected chi connectivity index (χ1v) is 3.49. The van der Waals surface area contributed by atoms with Crippen LogP contribution in [0.15, 0.2) is 0 Å². The van der Waals surface area contributed by atoms with E-state index in [4.69, 9.17) is 9.84 Å². The van der Waals surface area contributed by atoms with Crippen molar-refractivity contribution >= 4 is 0 Å². The molecule has 62 valence electrons. The van der Waals surface area contributed by atoms with Crippen molar-refractivity contribution in [1.29, 1.82) is 0 Å². The second-order valence-corrected chi connectivity index (χ2v) is 2.67. The van der Waals surface area contributed by atoms with Gasteiger partial charge < -0.3 is 15.2 Å². The minimum Gasteiger partial charge on any atom is -0.393 e. The van der Waals surface area contributed by atoms with Crippen LogP contribution in [-0.4, -0.2) is 38.0 Å². The number of ether oxygens (including phenoxy) is 1. The molecule has 3 heteroatoms. The summed E-state index contributed by atoms with van der Waals surface area (Å²) in [6.45, 7) is 2.83. The maximum atomic E-state index is 8.86. The summed E-state index contributed by atoms with van der Waals surface area (Å²) in [4.78, 5) is 0. The molecule has 1 atom stereocenters. The van der Waals surface area contributed by atoms with E-state index < -0.39 is 0 Å².